The molecule has 0 radical (unpaired) electrons. The SMILES string of the molecule is CCN(Cc1ccc(Cl)s1)C(=O)CSc1nnc(-c2ccc(C)cc2)o1. The van der Waals surface area contributed by atoms with Crippen molar-refractivity contribution in [2.24, 2.45) is 0 Å². The van der Waals surface area contributed by atoms with E-state index in [-0.39, 0.29) is 11.7 Å². The van der Waals surface area contributed by atoms with Crippen LogP contribution in [0.4, 0.5) is 0 Å². The number of nitrogens with zero attached hydrogens (tertiary/aromatic N) is 3. The molecule has 0 bridgehead atoms. The first-order chi connectivity index (χ1) is 12.5. The molecule has 2 aromatic heterocycles. The Kier molecular flexibility index (Phi) is 6.34. The highest BCUT2D eigenvalue weighted by atomic mass is 35.5. The lowest BCUT2D eigenvalue weighted by Crippen LogP contribution is -2.31. The number of amides is 1. The van der Waals surface area contributed by atoms with Gasteiger partial charge in [0.05, 0.1) is 16.6 Å². The lowest BCUT2D eigenvalue weighted by atomic mass is 10.1. The molecular weight excluding hydrogens is 390 g/mol. The van der Waals surface area contributed by atoms with Crippen molar-refractivity contribution in [2.45, 2.75) is 25.6 Å². The van der Waals surface area contributed by atoms with E-state index in [0.29, 0.717) is 24.2 Å². The summed E-state index contributed by atoms with van der Waals surface area (Å²) >= 11 is 8.69. The monoisotopic (exact) mass is 407 g/mol. The second-order valence-electron chi connectivity index (χ2n) is 5.64. The number of carbonyl (C=O) groups is 1. The number of carbonyl (C=O) groups excluding carboxylic acids is 1. The maximum atomic E-state index is 12.5. The maximum absolute atomic E-state index is 12.5. The molecule has 0 spiro atoms. The number of hydrogen-bond acceptors (Lipinski definition) is 6. The Morgan fingerprint density at radius 1 is 1.23 bits per heavy atom. The summed E-state index contributed by atoms with van der Waals surface area (Å²) in [5, 5.41) is 8.47. The van der Waals surface area contributed by atoms with Gasteiger partial charge in [-0.2, -0.15) is 0 Å². The number of aromatic nitrogens is 2. The summed E-state index contributed by atoms with van der Waals surface area (Å²) in [6.07, 6.45) is 0. The quantitative estimate of drug-likeness (QED) is 0.521. The molecular formula is C18H18ClN3O2S2. The van der Waals surface area contributed by atoms with E-state index in [1.54, 1.807) is 4.90 Å². The first-order valence-electron chi connectivity index (χ1n) is 8.10. The molecule has 0 aliphatic heterocycles. The zero-order valence-corrected chi connectivity index (χ0v) is 16.8. The Hall–Kier alpha value is -1.83. The number of thioether (sulfide) groups is 1. The molecule has 0 saturated heterocycles. The molecule has 136 valence electrons. The third-order valence-corrected chi connectivity index (χ3v) is 5.75. The van der Waals surface area contributed by atoms with Crippen LogP contribution in [0.1, 0.15) is 17.4 Å². The number of benzene rings is 1. The van der Waals surface area contributed by atoms with Gasteiger partial charge in [0.25, 0.3) is 5.22 Å². The van der Waals surface area contributed by atoms with E-state index >= 15 is 0 Å². The summed E-state index contributed by atoms with van der Waals surface area (Å²) in [6.45, 7) is 5.17. The number of rotatable bonds is 7. The largest absolute Gasteiger partial charge is 0.411 e. The van der Waals surface area contributed by atoms with Gasteiger partial charge in [-0.3, -0.25) is 4.79 Å². The normalized spacial score (nSPS) is 10.9. The van der Waals surface area contributed by atoms with Gasteiger partial charge in [0.2, 0.25) is 11.8 Å². The molecule has 0 saturated carbocycles. The van der Waals surface area contributed by atoms with Crippen LogP contribution in [-0.4, -0.2) is 33.3 Å². The molecule has 3 aromatic rings. The molecule has 26 heavy (non-hydrogen) atoms. The number of halogens is 1. The van der Waals surface area contributed by atoms with Crippen LogP contribution in [0.3, 0.4) is 0 Å². The van der Waals surface area contributed by atoms with Crippen molar-refractivity contribution >= 4 is 40.6 Å². The van der Waals surface area contributed by atoms with E-state index in [2.05, 4.69) is 10.2 Å². The predicted octanol–water partition coefficient (Wildman–Crippen LogP) is 4.90. The molecule has 5 nitrogen and oxygen atoms in total. The summed E-state index contributed by atoms with van der Waals surface area (Å²) in [5.41, 5.74) is 2.03. The van der Waals surface area contributed by atoms with Gasteiger partial charge in [0.1, 0.15) is 0 Å². The summed E-state index contributed by atoms with van der Waals surface area (Å²) in [6, 6.07) is 11.7. The van der Waals surface area contributed by atoms with Crippen molar-refractivity contribution < 1.29 is 9.21 Å². The average Bonchev–Trinajstić information content (AvgIpc) is 3.27. The van der Waals surface area contributed by atoms with Crippen molar-refractivity contribution in [1.82, 2.24) is 15.1 Å². The average molecular weight is 408 g/mol. The lowest BCUT2D eigenvalue weighted by molar-refractivity contribution is -0.128. The van der Waals surface area contributed by atoms with Crippen LogP contribution in [0, 0.1) is 6.92 Å². The fourth-order valence-electron chi connectivity index (χ4n) is 2.30. The highest BCUT2D eigenvalue weighted by Gasteiger charge is 2.16. The first kappa shape index (κ1) is 18.9. The van der Waals surface area contributed by atoms with Gasteiger partial charge in [-0.25, -0.2) is 0 Å². The third kappa shape index (κ3) is 4.87. The third-order valence-electron chi connectivity index (χ3n) is 3.73. The van der Waals surface area contributed by atoms with E-state index in [4.69, 9.17) is 16.0 Å². The fraction of sp³-hybridized carbons (Fsp3) is 0.278. The molecule has 3 rings (SSSR count). The van der Waals surface area contributed by atoms with Crippen LogP contribution in [-0.2, 0) is 11.3 Å². The topological polar surface area (TPSA) is 59.2 Å². The zero-order valence-electron chi connectivity index (χ0n) is 14.4. The van der Waals surface area contributed by atoms with Crippen LogP contribution >= 0.6 is 34.7 Å². The van der Waals surface area contributed by atoms with E-state index in [1.165, 1.54) is 28.7 Å². The van der Waals surface area contributed by atoms with Crippen LogP contribution in [0.2, 0.25) is 4.34 Å². The second kappa shape index (κ2) is 8.70. The minimum absolute atomic E-state index is 0.0251. The molecule has 0 N–H and O–H groups in total. The molecule has 2 heterocycles. The Morgan fingerprint density at radius 2 is 2.00 bits per heavy atom. The minimum atomic E-state index is 0.0251. The van der Waals surface area contributed by atoms with Gasteiger partial charge in [-0.05, 0) is 38.1 Å². The van der Waals surface area contributed by atoms with Gasteiger partial charge in [0.15, 0.2) is 0 Å². The minimum Gasteiger partial charge on any atom is -0.411 e. The van der Waals surface area contributed by atoms with Gasteiger partial charge in [-0.15, -0.1) is 21.5 Å². The second-order valence-corrected chi connectivity index (χ2v) is 8.37. The number of thiophene rings is 1. The smallest absolute Gasteiger partial charge is 0.277 e. The van der Waals surface area contributed by atoms with Gasteiger partial charge >= 0.3 is 0 Å². The van der Waals surface area contributed by atoms with Gasteiger partial charge in [0, 0.05) is 17.0 Å². The van der Waals surface area contributed by atoms with Gasteiger partial charge in [-0.1, -0.05) is 41.1 Å². The van der Waals surface area contributed by atoms with Crippen molar-refractivity contribution in [3.8, 4) is 11.5 Å². The van der Waals surface area contributed by atoms with Gasteiger partial charge < -0.3 is 9.32 Å². The van der Waals surface area contributed by atoms with Crippen molar-refractivity contribution in [1.29, 1.82) is 0 Å². The van der Waals surface area contributed by atoms with Crippen LogP contribution in [0.5, 0.6) is 0 Å². The van der Waals surface area contributed by atoms with Crippen LogP contribution < -0.4 is 0 Å². The summed E-state index contributed by atoms with van der Waals surface area (Å²) in [7, 11) is 0. The molecule has 0 aliphatic rings. The Morgan fingerprint density at radius 3 is 2.65 bits per heavy atom. The molecule has 0 aliphatic carbocycles. The Balaban J connectivity index is 1.57. The van der Waals surface area contributed by atoms with E-state index in [0.717, 1.165) is 14.8 Å². The molecule has 0 unspecified atom stereocenters. The summed E-state index contributed by atoms with van der Waals surface area (Å²) in [5.74, 6) is 0.736. The molecule has 0 atom stereocenters. The predicted molar refractivity (Wildman–Crippen MR) is 106 cm³/mol. The highest BCUT2D eigenvalue weighted by Crippen LogP contribution is 2.25. The Labute approximate surface area is 165 Å². The molecule has 8 heteroatoms. The van der Waals surface area contributed by atoms with Crippen molar-refractivity contribution in [3.63, 3.8) is 0 Å². The zero-order chi connectivity index (χ0) is 18.5. The Bertz CT molecular complexity index is 877. The molecule has 0 fully saturated rings. The fourth-order valence-corrected chi connectivity index (χ4v) is 4.07. The van der Waals surface area contributed by atoms with Crippen LogP contribution in [0.15, 0.2) is 46.0 Å². The first-order valence-corrected chi connectivity index (χ1v) is 10.3. The van der Waals surface area contributed by atoms with E-state index in [1.807, 2.05) is 50.2 Å². The highest BCUT2D eigenvalue weighted by molar-refractivity contribution is 7.99. The van der Waals surface area contributed by atoms with E-state index in [9.17, 15) is 4.79 Å². The summed E-state index contributed by atoms with van der Waals surface area (Å²) < 4.78 is 6.38. The lowest BCUT2D eigenvalue weighted by Gasteiger charge is -2.19. The summed E-state index contributed by atoms with van der Waals surface area (Å²) in [4.78, 5) is 15.3. The number of aryl methyl sites for hydroxylation is 1. The maximum Gasteiger partial charge on any atom is 0.277 e. The standard InChI is InChI=1S/C18H18ClN3O2S2/c1-3-22(10-14-8-9-15(19)26-14)16(23)11-25-18-21-20-17(24-18)13-6-4-12(2)5-7-13/h4-9H,3,10-11H2,1-2H3. The molecule has 1 amide bonds. The van der Waals surface area contributed by atoms with Crippen molar-refractivity contribution in [3.05, 3.63) is 51.2 Å². The van der Waals surface area contributed by atoms with Crippen LogP contribution in [0.25, 0.3) is 11.5 Å². The van der Waals surface area contributed by atoms with E-state index < -0.39 is 0 Å². The molecule has 1 aromatic carbocycles. The number of hydrogen-bond donors (Lipinski definition) is 0. The van der Waals surface area contributed by atoms with Crippen molar-refractivity contribution in [2.75, 3.05) is 12.3 Å².